The van der Waals surface area contributed by atoms with Gasteiger partial charge in [-0.15, -0.1) is 0 Å². The van der Waals surface area contributed by atoms with Crippen LogP contribution in [0.2, 0.25) is 0 Å². The van der Waals surface area contributed by atoms with Crippen molar-refractivity contribution in [3.8, 4) is 0 Å². The minimum absolute atomic E-state index is 0.443. The number of carbonyl (C=O) groups is 2. The van der Waals surface area contributed by atoms with Gasteiger partial charge >= 0.3 is 11.8 Å². The summed E-state index contributed by atoms with van der Waals surface area (Å²) in [4.78, 5) is 21.7. The molecule has 0 radical (unpaired) electrons. The molecule has 1 atom stereocenters. The Bertz CT molecular complexity index is 217. The van der Waals surface area contributed by atoms with Crippen LogP contribution in [0, 0.1) is 0 Å². The van der Waals surface area contributed by atoms with Crippen LogP contribution >= 0.6 is 11.8 Å². The van der Waals surface area contributed by atoms with E-state index in [1.165, 1.54) is 12.8 Å². The van der Waals surface area contributed by atoms with Gasteiger partial charge < -0.3 is 5.32 Å². The van der Waals surface area contributed by atoms with Crippen LogP contribution in [0.4, 0.5) is 0 Å². The molecule has 1 saturated heterocycles. The highest BCUT2D eigenvalue weighted by atomic mass is 32.2. The highest BCUT2D eigenvalue weighted by molar-refractivity contribution is 7.99. The van der Waals surface area contributed by atoms with E-state index in [1.54, 1.807) is 5.43 Å². The van der Waals surface area contributed by atoms with E-state index in [0.717, 1.165) is 12.2 Å². The summed E-state index contributed by atoms with van der Waals surface area (Å²) in [6.45, 7) is 0.552. The Morgan fingerprint density at radius 3 is 2.71 bits per heavy atom. The zero-order valence-corrected chi connectivity index (χ0v) is 8.73. The Kier molecular flexibility index (Phi) is 4.75. The lowest BCUT2D eigenvalue weighted by Crippen LogP contribution is -2.45. The molecule has 0 aromatic heterocycles. The molecule has 0 saturated carbocycles. The molecule has 0 aromatic carbocycles. The Balaban J connectivity index is 2.18. The molecule has 4 N–H and O–H groups in total. The van der Waals surface area contributed by atoms with Crippen molar-refractivity contribution in [1.82, 2.24) is 10.7 Å². The fraction of sp³-hybridized carbons (Fsp3) is 0.750. The lowest BCUT2D eigenvalue weighted by molar-refractivity contribution is -0.139. The number of rotatable bonds is 2. The fourth-order valence-corrected chi connectivity index (χ4v) is 2.56. The van der Waals surface area contributed by atoms with E-state index in [0.29, 0.717) is 11.8 Å². The molecular weight excluding hydrogens is 202 g/mol. The first-order chi connectivity index (χ1) is 6.74. The minimum atomic E-state index is -0.786. The van der Waals surface area contributed by atoms with Gasteiger partial charge in [0.2, 0.25) is 0 Å². The summed E-state index contributed by atoms with van der Waals surface area (Å²) in [6, 6.07) is 0. The third-order valence-electron chi connectivity index (χ3n) is 2.10. The summed E-state index contributed by atoms with van der Waals surface area (Å²) in [7, 11) is 0. The van der Waals surface area contributed by atoms with Crippen LogP contribution in [0.5, 0.6) is 0 Å². The number of thioether (sulfide) groups is 1. The molecule has 1 aliphatic rings. The predicted octanol–water partition coefficient (Wildman–Crippen LogP) is -0.622. The van der Waals surface area contributed by atoms with Crippen molar-refractivity contribution in [2.45, 2.75) is 24.5 Å². The third-order valence-corrected chi connectivity index (χ3v) is 3.50. The van der Waals surface area contributed by atoms with Gasteiger partial charge in [0.1, 0.15) is 0 Å². The lowest BCUT2D eigenvalue weighted by Gasteiger charge is -2.20. The average Bonchev–Trinajstić information content (AvgIpc) is 2.26. The number of hydrogen-bond acceptors (Lipinski definition) is 4. The van der Waals surface area contributed by atoms with Crippen molar-refractivity contribution in [1.29, 1.82) is 0 Å². The summed E-state index contributed by atoms with van der Waals surface area (Å²) < 4.78 is 0. The smallest absolute Gasteiger partial charge is 0.323 e. The molecule has 5 nitrogen and oxygen atoms in total. The second kappa shape index (κ2) is 5.87. The maximum atomic E-state index is 11.0. The second-order valence-electron chi connectivity index (χ2n) is 3.17. The first kappa shape index (κ1) is 11.3. The SMILES string of the molecule is NNC(=O)C(=O)NCC1CCCCS1. The number of hydrazine groups is 1. The Morgan fingerprint density at radius 2 is 2.14 bits per heavy atom. The van der Waals surface area contributed by atoms with Gasteiger partial charge in [-0.2, -0.15) is 11.8 Å². The van der Waals surface area contributed by atoms with Gasteiger partial charge in [-0.25, -0.2) is 5.84 Å². The molecule has 0 spiro atoms. The summed E-state index contributed by atoms with van der Waals surface area (Å²) in [5, 5.41) is 2.99. The first-order valence-corrected chi connectivity index (χ1v) is 5.69. The summed E-state index contributed by atoms with van der Waals surface area (Å²) >= 11 is 1.85. The summed E-state index contributed by atoms with van der Waals surface area (Å²) in [5.74, 6) is 4.52. The molecule has 2 amide bonds. The van der Waals surface area contributed by atoms with E-state index in [2.05, 4.69) is 5.32 Å². The molecular formula is C8H15N3O2S. The zero-order valence-electron chi connectivity index (χ0n) is 7.91. The van der Waals surface area contributed by atoms with E-state index in [1.807, 2.05) is 11.8 Å². The standard InChI is InChI=1S/C8H15N3O2S/c9-11-8(13)7(12)10-5-6-3-1-2-4-14-6/h6H,1-5,9H2,(H,10,12)(H,11,13). The average molecular weight is 217 g/mol. The van der Waals surface area contributed by atoms with Crippen molar-refractivity contribution >= 4 is 23.6 Å². The van der Waals surface area contributed by atoms with Gasteiger partial charge in [-0.1, -0.05) is 6.42 Å². The Labute approximate surface area is 87.1 Å². The van der Waals surface area contributed by atoms with Gasteiger partial charge in [0.15, 0.2) is 0 Å². The maximum absolute atomic E-state index is 11.0. The number of nitrogens with two attached hydrogens (primary N) is 1. The van der Waals surface area contributed by atoms with Gasteiger partial charge in [-0.05, 0) is 18.6 Å². The number of hydrogen-bond donors (Lipinski definition) is 3. The van der Waals surface area contributed by atoms with Crippen molar-refractivity contribution in [3.05, 3.63) is 0 Å². The van der Waals surface area contributed by atoms with Gasteiger partial charge in [0.05, 0.1) is 0 Å². The van der Waals surface area contributed by atoms with Crippen LogP contribution in [0.3, 0.4) is 0 Å². The van der Waals surface area contributed by atoms with Crippen LogP contribution < -0.4 is 16.6 Å². The van der Waals surface area contributed by atoms with Crippen molar-refractivity contribution < 1.29 is 9.59 Å². The Morgan fingerprint density at radius 1 is 1.36 bits per heavy atom. The molecule has 0 bridgehead atoms. The van der Waals surface area contributed by atoms with E-state index >= 15 is 0 Å². The van der Waals surface area contributed by atoms with Crippen LogP contribution in [0.1, 0.15) is 19.3 Å². The van der Waals surface area contributed by atoms with Crippen molar-refractivity contribution in [3.63, 3.8) is 0 Å². The number of amides is 2. The van der Waals surface area contributed by atoms with Crippen molar-refractivity contribution in [2.75, 3.05) is 12.3 Å². The highest BCUT2D eigenvalue weighted by Crippen LogP contribution is 2.24. The van der Waals surface area contributed by atoms with Gasteiger partial charge in [0.25, 0.3) is 0 Å². The summed E-state index contributed by atoms with van der Waals surface area (Å²) in [6.07, 6.45) is 3.56. The lowest BCUT2D eigenvalue weighted by atomic mass is 10.2. The van der Waals surface area contributed by atoms with Gasteiger partial charge in [0, 0.05) is 11.8 Å². The molecule has 14 heavy (non-hydrogen) atoms. The molecule has 1 aliphatic heterocycles. The molecule has 0 aromatic rings. The summed E-state index contributed by atoms with van der Waals surface area (Å²) in [5.41, 5.74) is 1.79. The molecule has 1 rings (SSSR count). The largest absolute Gasteiger partial charge is 0.347 e. The van der Waals surface area contributed by atoms with E-state index < -0.39 is 11.8 Å². The maximum Gasteiger partial charge on any atom is 0.323 e. The van der Waals surface area contributed by atoms with E-state index in [9.17, 15) is 9.59 Å². The van der Waals surface area contributed by atoms with E-state index in [4.69, 9.17) is 5.84 Å². The normalized spacial score (nSPS) is 21.4. The first-order valence-electron chi connectivity index (χ1n) is 4.64. The highest BCUT2D eigenvalue weighted by Gasteiger charge is 2.17. The zero-order chi connectivity index (χ0) is 10.4. The second-order valence-corrected chi connectivity index (χ2v) is 4.58. The van der Waals surface area contributed by atoms with Crippen LogP contribution in [0.15, 0.2) is 0 Å². The number of nitrogens with one attached hydrogen (secondary N) is 2. The minimum Gasteiger partial charge on any atom is -0.347 e. The topological polar surface area (TPSA) is 84.2 Å². The van der Waals surface area contributed by atoms with Crippen molar-refractivity contribution in [2.24, 2.45) is 5.84 Å². The molecule has 0 aliphatic carbocycles. The number of carbonyl (C=O) groups excluding carboxylic acids is 2. The fourth-order valence-electron chi connectivity index (χ4n) is 1.32. The molecule has 6 heteroatoms. The predicted molar refractivity (Wildman–Crippen MR) is 55.4 cm³/mol. The molecule has 1 fully saturated rings. The van der Waals surface area contributed by atoms with Crippen LogP contribution in [0.25, 0.3) is 0 Å². The molecule has 1 heterocycles. The third kappa shape index (κ3) is 3.55. The van der Waals surface area contributed by atoms with E-state index in [-0.39, 0.29) is 0 Å². The molecule has 80 valence electrons. The monoisotopic (exact) mass is 217 g/mol. The molecule has 1 unspecified atom stereocenters. The van der Waals surface area contributed by atoms with Crippen LogP contribution in [-0.2, 0) is 9.59 Å². The Hall–Kier alpha value is -0.750. The quantitative estimate of drug-likeness (QED) is 0.249. The van der Waals surface area contributed by atoms with Crippen LogP contribution in [-0.4, -0.2) is 29.4 Å². The van der Waals surface area contributed by atoms with Gasteiger partial charge in [-0.3, -0.25) is 15.0 Å².